The lowest BCUT2D eigenvalue weighted by Crippen LogP contribution is -2.18. The quantitative estimate of drug-likeness (QED) is 0.820. The predicted octanol–water partition coefficient (Wildman–Crippen LogP) is 3.56. The molecule has 0 unspecified atom stereocenters. The molecule has 0 bridgehead atoms. The van der Waals surface area contributed by atoms with E-state index in [0.29, 0.717) is 5.82 Å². The second-order valence-electron chi connectivity index (χ2n) is 5.32. The Kier molecular flexibility index (Phi) is 3.35. The van der Waals surface area contributed by atoms with Gasteiger partial charge in [0, 0.05) is 11.8 Å². The van der Waals surface area contributed by atoms with E-state index in [-0.39, 0.29) is 0 Å². The first-order chi connectivity index (χ1) is 8.94. The monoisotopic (exact) mass is 251 g/mol. The van der Waals surface area contributed by atoms with E-state index in [1.165, 1.54) is 11.1 Å². The molecule has 0 radical (unpaired) electrons. The third-order valence-electron chi connectivity index (χ3n) is 3.15. The second kappa shape index (κ2) is 4.81. The van der Waals surface area contributed by atoms with Crippen LogP contribution >= 0.6 is 0 Å². The molecule has 0 fully saturated rings. The lowest BCUT2D eigenvalue weighted by Gasteiger charge is -2.14. The summed E-state index contributed by atoms with van der Waals surface area (Å²) >= 11 is 0. The highest BCUT2D eigenvalue weighted by Crippen LogP contribution is 2.25. The number of hydrogen-bond donors (Lipinski definition) is 0. The number of benzene rings is 1. The van der Waals surface area contributed by atoms with Crippen LogP contribution in [-0.2, 0) is 5.41 Å². The van der Waals surface area contributed by atoms with Crippen molar-refractivity contribution in [2.45, 2.75) is 33.1 Å². The normalized spacial score (nSPS) is 11.1. The van der Waals surface area contributed by atoms with Crippen molar-refractivity contribution >= 4 is 0 Å². The maximum absolute atomic E-state index is 9.17. The summed E-state index contributed by atoms with van der Waals surface area (Å²) in [6, 6.07) is 10.4. The van der Waals surface area contributed by atoms with Gasteiger partial charge in [-0.1, -0.05) is 23.8 Å². The van der Waals surface area contributed by atoms with Gasteiger partial charge < -0.3 is 0 Å². The molecule has 0 saturated heterocycles. The van der Waals surface area contributed by atoms with Gasteiger partial charge in [-0.05, 0) is 39.3 Å². The van der Waals surface area contributed by atoms with Crippen LogP contribution in [0.3, 0.4) is 0 Å². The summed E-state index contributed by atoms with van der Waals surface area (Å²) in [5, 5.41) is 9.17. The fourth-order valence-electron chi connectivity index (χ4n) is 1.96. The summed E-state index contributed by atoms with van der Waals surface area (Å²) in [6.07, 6.45) is 1.72. The van der Waals surface area contributed by atoms with Gasteiger partial charge in [0.15, 0.2) is 0 Å². The molecule has 96 valence electrons. The van der Waals surface area contributed by atoms with Crippen LogP contribution in [0.5, 0.6) is 0 Å². The minimum atomic E-state index is -0.672. The van der Waals surface area contributed by atoms with Crippen LogP contribution in [0.4, 0.5) is 0 Å². The third kappa shape index (κ3) is 2.63. The number of aromatic nitrogens is 2. The molecule has 0 aliphatic rings. The zero-order valence-corrected chi connectivity index (χ0v) is 11.7. The largest absolute Gasteiger partial charge is 0.240 e. The average molecular weight is 251 g/mol. The van der Waals surface area contributed by atoms with E-state index >= 15 is 0 Å². The molecule has 0 amide bonds. The summed E-state index contributed by atoms with van der Waals surface area (Å²) in [5.41, 5.74) is 3.69. The first-order valence-electron chi connectivity index (χ1n) is 6.26. The zero-order valence-electron chi connectivity index (χ0n) is 11.7. The van der Waals surface area contributed by atoms with Crippen molar-refractivity contribution in [2.24, 2.45) is 0 Å². The summed E-state index contributed by atoms with van der Waals surface area (Å²) in [5.74, 6) is 0.562. The van der Waals surface area contributed by atoms with Gasteiger partial charge in [-0.15, -0.1) is 0 Å². The van der Waals surface area contributed by atoms with Crippen molar-refractivity contribution < 1.29 is 0 Å². The van der Waals surface area contributed by atoms with E-state index in [4.69, 9.17) is 5.26 Å². The molecule has 1 heterocycles. The van der Waals surface area contributed by atoms with E-state index in [1.54, 1.807) is 6.20 Å². The molecule has 3 nitrogen and oxygen atoms in total. The molecule has 0 spiro atoms. The molecular formula is C16H17N3. The number of hydrogen-bond acceptors (Lipinski definition) is 3. The van der Waals surface area contributed by atoms with Crippen molar-refractivity contribution in [3.8, 4) is 17.3 Å². The van der Waals surface area contributed by atoms with Gasteiger partial charge in [0.05, 0.1) is 11.8 Å². The Labute approximate surface area is 114 Å². The molecule has 0 saturated carbocycles. The van der Waals surface area contributed by atoms with Gasteiger partial charge in [0.2, 0.25) is 0 Å². The molecule has 19 heavy (non-hydrogen) atoms. The zero-order chi connectivity index (χ0) is 14.0. The van der Waals surface area contributed by atoms with E-state index in [2.05, 4.69) is 48.1 Å². The van der Waals surface area contributed by atoms with Crippen molar-refractivity contribution in [1.82, 2.24) is 9.97 Å². The van der Waals surface area contributed by atoms with E-state index in [1.807, 2.05) is 19.9 Å². The molecule has 2 aromatic rings. The van der Waals surface area contributed by atoms with Gasteiger partial charge in [0.1, 0.15) is 11.2 Å². The molecule has 0 aliphatic carbocycles. The second-order valence-corrected chi connectivity index (χ2v) is 5.32. The molecule has 3 heteroatoms. The maximum atomic E-state index is 9.17. The Balaban J connectivity index is 2.53. The summed E-state index contributed by atoms with van der Waals surface area (Å²) < 4.78 is 0. The Morgan fingerprint density at radius 1 is 1.16 bits per heavy atom. The average Bonchev–Trinajstić information content (AvgIpc) is 2.39. The van der Waals surface area contributed by atoms with E-state index in [0.717, 1.165) is 11.3 Å². The fraction of sp³-hybridized carbons (Fsp3) is 0.312. The van der Waals surface area contributed by atoms with Crippen LogP contribution in [-0.4, -0.2) is 9.97 Å². The SMILES string of the molecule is Cc1ccc(-c2ccnc(C(C)(C)C#N)n2)c(C)c1. The highest BCUT2D eigenvalue weighted by atomic mass is 14.9. The van der Waals surface area contributed by atoms with E-state index in [9.17, 15) is 0 Å². The number of rotatable bonds is 2. The topological polar surface area (TPSA) is 49.6 Å². The molecule has 1 aromatic carbocycles. The fourth-order valence-corrected chi connectivity index (χ4v) is 1.96. The van der Waals surface area contributed by atoms with Gasteiger partial charge in [0.25, 0.3) is 0 Å². The molecular weight excluding hydrogens is 234 g/mol. The van der Waals surface area contributed by atoms with Gasteiger partial charge >= 0.3 is 0 Å². The summed E-state index contributed by atoms with van der Waals surface area (Å²) in [7, 11) is 0. The Morgan fingerprint density at radius 3 is 2.53 bits per heavy atom. The Bertz CT molecular complexity index is 651. The lowest BCUT2D eigenvalue weighted by atomic mass is 9.94. The van der Waals surface area contributed by atoms with Gasteiger partial charge in [-0.25, -0.2) is 9.97 Å². The smallest absolute Gasteiger partial charge is 0.148 e. The standard InChI is InChI=1S/C16H17N3/c1-11-5-6-13(12(2)9-11)14-7-8-18-15(19-14)16(3,4)10-17/h5-9H,1-4H3. The van der Waals surface area contributed by atoms with Crippen molar-refractivity contribution in [1.29, 1.82) is 5.26 Å². The minimum absolute atomic E-state index is 0.562. The summed E-state index contributed by atoms with van der Waals surface area (Å²) in [4.78, 5) is 8.76. The van der Waals surface area contributed by atoms with Crippen LogP contribution in [0, 0.1) is 25.2 Å². The molecule has 0 aliphatic heterocycles. The summed E-state index contributed by atoms with van der Waals surface area (Å²) in [6.45, 7) is 7.79. The first-order valence-corrected chi connectivity index (χ1v) is 6.26. The highest BCUT2D eigenvalue weighted by Gasteiger charge is 2.23. The van der Waals surface area contributed by atoms with Crippen LogP contribution in [0.2, 0.25) is 0 Å². The maximum Gasteiger partial charge on any atom is 0.148 e. The molecule has 2 rings (SSSR count). The lowest BCUT2D eigenvalue weighted by molar-refractivity contribution is 0.630. The van der Waals surface area contributed by atoms with Crippen LogP contribution < -0.4 is 0 Å². The van der Waals surface area contributed by atoms with Crippen LogP contribution in [0.15, 0.2) is 30.5 Å². The van der Waals surface area contributed by atoms with Crippen molar-refractivity contribution in [2.75, 3.05) is 0 Å². The Morgan fingerprint density at radius 2 is 1.89 bits per heavy atom. The van der Waals surface area contributed by atoms with Gasteiger partial charge in [-0.2, -0.15) is 5.26 Å². The molecule has 0 N–H and O–H groups in total. The van der Waals surface area contributed by atoms with Crippen molar-refractivity contribution in [3.63, 3.8) is 0 Å². The Hall–Kier alpha value is -2.21. The molecule has 0 atom stereocenters. The van der Waals surface area contributed by atoms with Crippen LogP contribution in [0.25, 0.3) is 11.3 Å². The van der Waals surface area contributed by atoms with Gasteiger partial charge in [-0.3, -0.25) is 0 Å². The minimum Gasteiger partial charge on any atom is -0.240 e. The predicted molar refractivity (Wildman–Crippen MR) is 75.6 cm³/mol. The first kappa shape index (κ1) is 13.2. The third-order valence-corrected chi connectivity index (χ3v) is 3.15. The van der Waals surface area contributed by atoms with Crippen LogP contribution in [0.1, 0.15) is 30.8 Å². The number of nitrogens with zero attached hydrogens (tertiary/aromatic N) is 3. The highest BCUT2D eigenvalue weighted by molar-refractivity contribution is 5.63. The number of nitriles is 1. The molecule has 1 aromatic heterocycles. The van der Waals surface area contributed by atoms with Crippen molar-refractivity contribution in [3.05, 3.63) is 47.4 Å². The van der Waals surface area contributed by atoms with E-state index < -0.39 is 5.41 Å². The number of aryl methyl sites for hydroxylation is 2.